The summed E-state index contributed by atoms with van der Waals surface area (Å²) < 4.78 is 27.5. The van der Waals surface area contributed by atoms with Crippen molar-refractivity contribution in [1.29, 1.82) is 0 Å². The highest BCUT2D eigenvalue weighted by molar-refractivity contribution is 7.86. The van der Waals surface area contributed by atoms with Crippen molar-refractivity contribution in [2.45, 2.75) is 84.5 Å². The van der Waals surface area contributed by atoms with Crippen molar-refractivity contribution in [3.8, 4) is 0 Å². The molecular formula is C15H35NO3S. The fourth-order valence-corrected chi connectivity index (χ4v) is 3.07. The van der Waals surface area contributed by atoms with Gasteiger partial charge in [0.2, 0.25) is 0 Å². The van der Waals surface area contributed by atoms with Crippen molar-refractivity contribution in [2.75, 3.05) is 12.4 Å². The molecule has 0 aliphatic carbocycles. The Balaban J connectivity index is 0. The third-order valence-electron chi connectivity index (χ3n) is 3.21. The van der Waals surface area contributed by atoms with Crippen LogP contribution in [0.4, 0.5) is 0 Å². The van der Waals surface area contributed by atoms with E-state index in [1.807, 2.05) is 6.92 Å². The van der Waals surface area contributed by atoms with E-state index in [0.717, 1.165) is 12.8 Å². The van der Waals surface area contributed by atoms with Gasteiger partial charge in [-0.05, 0) is 12.8 Å². The average molecular weight is 310 g/mol. The third kappa shape index (κ3) is 15.9. The van der Waals surface area contributed by atoms with Gasteiger partial charge in [-0.3, -0.25) is 4.18 Å². The van der Waals surface area contributed by atoms with E-state index in [9.17, 15) is 8.42 Å². The van der Waals surface area contributed by atoms with Crippen LogP contribution in [-0.4, -0.2) is 20.8 Å². The second-order valence-corrected chi connectivity index (χ2v) is 7.03. The van der Waals surface area contributed by atoms with Crippen LogP contribution < -0.4 is 6.15 Å². The number of rotatable bonds is 14. The molecule has 3 N–H and O–H groups in total. The van der Waals surface area contributed by atoms with Crippen molar-refractivity contribution in [3.63, 3.8) is 0 Å². The predicted molar refractivity (Wildman–Crippen MR) is 86.9 cm³/mol. The first kappa shape index (κ1) is 22.2. The summed E-state index contributed by atoms with van der Waals surface area (Å²) in [6.07, 6.45) is 13.1. The van der Waals surface area contributed by atoms with E-state index in [2.05, 4.69) is 6.92 Å². The van der Waals surface area contributed by atoms with Crippen LogP contribution in [0.2, 0.25) is 0 Å². The lowest BCUT2D eigenvalue weighted by atomic mass is 10.1. The first-order valence-corrected chi connectivity index (χ1v) is 9.57. The summed E-state index contributed by atoms with van der Waals surface area (Å²) in [6, 6.07) is 0. The number of hydrogen-bond donors (Lipinski definition) is 1. The maximum atomic E-state index is 11.3. The van der Waals surface area contributed by atoms with Crippen LogP contribution >= 0.6 is 0 Å². The van der Waals surface area contributed by atoms with Gasteiger partial charge < -0.3 is 6.15 Å². The topological polar surface area (TPSA) is 78.4 Å². The van der Waals surface area contributed by atoms with Crippen LogP contribution in [-0.2, 0) is 14.3 Å². The van der Waals surface area contributed by atoms with Gasteiger partial charge in [0, 0.05) is 0 Å². The van der Waals surface area contributed by atoms with Crippen molar-refractivity contribution >= 4 is 10.1 Å². The minimum absolute atomic E-state index is 0. The highest BCUT2D eigenvalue weighted by atomic mass is 32.2. The van der Waals surface area contributed by atoms with Crippen molar-refractivity contribution < 1.29 is 12.6 Å². The fourth-order valence-electron chi connectivity index (χ4n) is 2.08. The largest absolute Gasteiger partial charge is 0.344 e. The first-order chi connectivity index (χ1) is 9.12. The van der Waals surface area contributed by atoms with Gasteiger partial charge in [0.25, 0.3) is 10.1 Å². The molecule has 0 aliphatic rings. The highest BCUT2D eigenvalue weighted by Gasteiger charge is 2.08. The molecule has 5 heteroatoms. The van der Waals surface area contributed by atoms with Gasteiger partial charge in [-0.15, -0.1) is 0 Å². The summed E-state index contributed by atoms with van der Waals surface area (Å²) in [7, 11) is -3.24. The van der Waals surface area contributed by atoms with Crippen LogP contribution in [0.15, 0.2) is 0 Å². The lowest BCUT2D eigenvalue weighted by molar-refractivity contribution is 0.306. The number of unbranched alkanes of at least 4 members (excludes halogenated alkanes) is 9. The van der Waals surface area contributed by atoms with Crippen molar-refractivity contribution in [2.24, 2.45) is 0 Å². The maximum Gasteiger partial charge on any atom is 0.267 e. The summed E-state index contributed by atoms with van der Waals surface area (Å²) in [4.78, 5) is 0. The molecule has 0 aromatic rings. The van der Waals surface area contributed by atoms with Crippen molar-refractivity contribution in [3.05, 3.63) is 0 Å². The zero-order chi connectivity index (χ0) is 14.4. The molecule has 0 amide bonds. The van der Waals surface area contributed by atoms with E-state index >= 15 is 0 Å². The van der Waals surface area contributed by atoms with E-state index in [1.54, 1.807) is 0 Å². The molecule has 0 aromatic carbocycles. The molecule has 0 spiro atoms. The molecule has 124 valence electrons. The Labute approximate surface area is 126 Å². The molecule has 0 saturated heterocycles. The molecule has 0 saturated carbocycles. The molecule has 0 unspecified atom stereocenters. The predicted octanol–water partition coefficient (Wildman–Crippen LogP) is 4.83. The Morgan fingerprint density at radius 2 is 1.15 bits per heavy atom. The molecule has 0 fully saturated rings. The van der Waals surface area contributed by atoms with E-state index in [1.165, 1.54) is 51.4 Å². The fraction of sp³-hybridized carbons (Fsp3) is 1.00. The van der Waals surface area contributed by atoms with Crippen molar-refractivity contribution in [1.82, 2.24) is 6.15 Å². The lowest BCUT2D eigenvalue weighted by Crippen LogP contribution is -2.10. The highest BCUT2D eigenvalue weighted by Crippen LogP contribution is 2.10. The van der Waals surface area contributed by atoms with Gasteiger partial charge in [0.1, 0.15) is 0 Å². The number of hydrogen-bond acceptors (Lipinski definition) is 4. The molecule has 0 bridgehead atoms. The summed E-state index contributed by atoms with van der Waals surface area (Å²) in [5, 5.41) is 0. The van der Waals surface area contributed by atoms with Gasteiger partial charge in [0.15, 0.2) is 0 Å². The van der Waals surface area contributed by atoms with Gasteiger partial charge in [-0.25, -0.2) is 0 Å². The van der Waals surface area contributed by atoms with Crippen LogP contribution in [0.5, 0.6) is 0 Å². The Bertz CT molecular complexity index is 279. The van der Waals surface area contributed by atoms with Gasteiger partial charge in [-0.2, -0.15) is 8.42 Å². The Kier molecular flexibility index (Phi) is 16.9. The van der Waals surface area contributed by atoms with Crippen LogP contribution in [0.3, 0.4) is 0 Å². The van der Waals surface area contributed by atoms with E-state index in [4.69, 9.17) is 4.18 Å². The van der Waals surface area contributed by atoms with Gasteiger partial charge in [0.05, 0.1) is 12.4 Å². The second-order valence-electron chi connectivity index (χ2n) is 5.27. The minimum Gasteiger partial charge on any atom is -0.344 e. The van der Waals surface area contributed by atoms with E-state index in [-0.39, 0.29) is 11.9 Å². The lowest BCUT2D eigenvalue weighted by Gasteiger charge is -2.04. The van der Waals surface area contributed by atoms with E-state index in [0.29, 0.717) is 13.0 Å². The Morgan fingerprint density at radius 1 is 0.700 bits per heavy atom. The van der Waals surface area contributed by atoms with Gasteiger partial charge >= 0.3 is 0 Å². The normalized spacial score (nSPS) is 11.3. The molecule has 0 aromatic heterocycles. The molecule has 0 heterocycles. The SMILES string of the molecule is CCCCCCCCCCCCOS(=O)(=O)CCC.N. The molecule has 0 aliphatic heterocycles. The Hall–Kier alpha value is -0.130. The summed E-state index contributed by atoms with van der Waals surface area (Å²) >= 11 is 0. The summed E-state index contributed by atoms with van der Waals surface area (Å²) in [5.41, 5.74) is 0. The smallest absolute Gasteiger partial charge is 0.267 e. The maximum absolute atomic E-state index is 11.3. The van der Waals surface area contributed by atoms with Crippen LogP contribution in [0.25, 0.3) is 0 Å². The van der Waals surface area contributed by atoms with Gasteiger partial charge in [-0.1, -0.05) is 71.6 Å². The van der Waals surface area contributed by atoms with E-state index < -0.39 is 10.1 Å². The molecule has 0 rings (SSSR count). The third-order valence-corrected chi connectivity index (χ3v) is 4.65. The zero-order valence-corrected chi connectivity index (χ0v) is 14.3. The van der Waals surface area contributed by atoms with Crippen LogP contribution in [0, 0.1) is 0 Å². The monoisotopic (exact) mass is 309 g/mol. The average Bonchev–Trinajstić information content (AvgIpc) is 2.36. The minimum atomic E-state index is -3.24. The summed E-state index contributed by atoms with van der Waals surface area (Å²) in [5.74, 6) is 0.144. The van der Waals surface area contributed by atoms with Crippen LogP contribution in [0.1, 0.15) is 84.5 Å². The Morgan fingerprint density at radius 3 is 1.60 bits per heavy atom. The molecule has 4 nitrogen and oxygen atoms in total. The summed E-state index contributed by atoms with van der Waals surface area (Å²) in [6.45, 7) is 4.45. The quantitative estimate of drug-likeness (QED) is 0.368. The molecule has 0 radical (unpaired) electrons. The molecular weight excluding hydrogens is 274 g/mol. The molecule has 20 heavy (non-hydrogen) atoms. The zero-order valence-electron chi connectivity index (χ0n) is 13.5. The first-order valence-electron chi connectivity index (χ1n) is 7.99. The molecule has 0 atom stereocenters. The standard InChI is InChI=1S/C15H32O3S.H3N/c1-3-5-6-7-8-9-10-11-12-13-14-18-19(16,17)15-4-2;/h3-15H2,1-2H3;1H3. The second kappa shape index (κ2) is 15.3.